The van der Waals surface area contributed by atoms with Crippen LogP contribution in [0.15, 0.2) is 36.4 Å². The van der Waals surface area contributed by atoms with Gasteiger partial charge in [-0.2, -0.15) is 0 Å². The number of ether oxygens (including phenoxy) is 2. The normalized spacial score (nSPS) is 10.7. The van der Waals surface area contributed by atoms with Crippen LogP contribution < -0.4 is 15.2 Å². The van der Waals surface area contributed by atoms with Gasteiger partial charge in [0.15, 0.2) is 0 Å². The molecule has 0 spiro atoms. The average molecular weight is 271 g/mol. The fraction of sp³-hybridized carbons (Fsp3) is 0.294. The smallest absolute Gasteiger partial charge is 0.146 e. The average Bonchev–Trinajstić information content (AvgIpc) is 2.37. The number of hydrogen-bond donors (Lipinski definition) is 1. The molecule has 0 radical (unpaired) electrons. The van der Waals surface area contributed by atoms with Crippen molar-refractivity contribution in [2.24, 2.45) is 0 Å². The Balaban J connectivity index is 2.22. The second-order valence-corrected chi connectivity index (χ2v) is 5.21. The van der Waals surface area contributed by atoms with Gasteiger partial charge in [0.25, 0.3) is 0 Å². The molecule has 0 saturated heterocycles. The number of nitrogens with two attached hydrogens (primary N) is 1. The Bertz CT molecular complexity index is 606. The van der Waals surface area contributed by atoms with E-state index in [0.29, 0.717) is 11.4 Å². The van der Waals surface area contributed by atoms with Crippen LogP contribution in [0.3, 0.4) is 0 Å². The van der Waals surface area contributed by atoms with E-state index in [9.17, 15) is 0 Å². The van der Waals surface area contributed by atoms with Crippen molar-refractivity contribution in [2.45, 2.75) is 33.8 Å². The third-order valence-electron chi connectivity index (χ3n) is 3.06. The number of aryl methyl sites for hydroxylation is 2. The zero-order valence-electron chi connectivity index (χ0n) is 12.4. The number of nitrogen functional groups attached to an aromatic ring is 1. The molecule has 0 bridgehead atoms. The van der Waals surface area contributed by atoms with Gasteiger partial charge in [0, 0.05) is 6.07 Å². The summed E-state index contributed by atoms with van der Waals surface area (Å²) in [5, 5.41) is 0. The summed E-state index contributed by atoms with van der Waals surface area (Å²) in [6, 6.07) is 11.5. The van der Waals surface area contributed by atoms with Crippen LogP contribution in [0, 0.1) is 13.8 Å². The largest absolute Gasteiger partial charge is 0.489 e. The van der Waals surface area contributed by atoms with Gasteiger partial charge < -0.3 is 15.2 Å². The highest BCUT2D eigenvalue weighted by atomic mass is 16.5. The second kappa shape index (κ2) is 5.87. The molecule has 0 amide bonds. The van der Waals surface area contributed by atoms with Gasteiger partial charge in [-0.25, -0.2) is 0 Å². The molecular weight excluding hydrogens is 250 g/mol. The maximum Gasteiger partial charge on any atom is 0.146 e. The first-order valence-corrected chi connectivity index (χ1v) is 6.77. The predicted molar refractivity (Wildman–Crippen MR) is 82.6 cm³/mol. The minimum absolute atomic E-state index is 0.0779. The number of benzene rings is 2. The first kappa shape index (κ1) is 14.3. The van der Waals surface area contributed by atoms with E-state index >= 15 is 0 Å². The third kappa shape index (κ3) is 3.44. The number of rotatable bonds is 4. The van der Waals surface area contributed by atoms with Gasteiger partial charge in [0.05, 0.1) is 11.8 Å². The van der Waals surface area contributed by atoms with Crippen molar-refractivity contribution in [3.05, 3.63) is 47.5 Å². The minimum Gasteiger partial charge on any atom is -0.489 e. The standard InChI is InChI=1S/C17H21NO2/c1-11(2)19-17-10-15(7-8-16(17)18)20-14-6-5-12(3)13(4)9-14/h5-11H,18H2,1-4H3. The predicted octanol–water partition coefficient (Wildman–Crippen LogP) is 4.47. The lowest BCUT2D eigenvalue weighted by Crippen LogP contribution is -2.07. The van der Waals surface area contributed by atoms with Crippen LogP contribution in [0.25, 0.3) is 0 Å². The molecule has 0 saturated carbocycles. The molecule has 0 heterocycles. The van der Waals surface area contributed by atoms with Crippen molar-refractivity contribution in [1.29, 1.82) is 0 Å². The van der Waals surface area contributed by atoms with Crippen LogP contribution in [0.5, 0.6) is 17.2 Å². The van der Waals surface area contributed by atoms with E-state index in [4.69, 9.17) is 15.2 Å². The summed E-state index contributed by atoms with van der Waals surface area (Å²) in [4.78, 5) is 0. The maximum absolute atomic E-state index is 5.89. The van der Waals surface area contributed by atoms with Gasteiger partial charge in [0.2, 0.25) is 0 Å². The molecule has 2 aromatic rings. The quantitative estimate of drug-likeness (QED) is 0.835. The lowest BCUT2D eigenvalue weighted by Gasteiger charge is -2.14. The zero-order valence-corrected chi connectivity index (χ0v) is 12.4. The lowest BCUT2D eigenvalue weighted by atomic mass is 10.1. The molecule has 2 aromatic carbocycles. The Kier molecular flexibility index (Phi) is 4.18. The zero-order chi connectivity index (χ0) is 14.7. The summed E-state index contributed by atoms with van der Waals surface area (Å²) < 4.78 is 11.5. The topological polar surface area (TPSA) is 44.5 Å². The first-order valence-electron chi connectivity index (χ1n) is 6.77. The Morgan fingerprint density at radius 1 is 0.900 bits per heavy atom. The van der Waals surface area contributed by atoms with Crippen LogP contribution in [-0.2, 0) is 0 Å². The minimum atomic E-state index is 0.0779. The van der Waals surface area contributed by atoms with Gasteiger partial charge in [-0.3, -0.25) is 0 Å². The molecule has 3 nitrogen and oxygen atoms in total. The number of anilines is 1. The number of hydrogen-bond acceptors (Lipinski definition) is 3. The van der Waals surface area contributed by atoms with E-state index in [1.807, 2.05) is 44.2 Å². The Morgan fingerprint density at radius 2 is 1.55 bits per heavy atom. The Hall–Kier alpha value is -2.16. The van der Waals surface area contributed by atoms with Crippen LogP contribution in [-0.4, -0.2) is 6.10 Å². The molecule has 106 valence electrons. The molecule has 0 unspecified atom stereocenters. The molecule has 0 aromatic heterocycles. The maximum atomic E-state index is 5.89. The molecule has 0 aliphatic heterocycles. The van der Waals surface area contributed by atoms with Crippen LogP contribution in [0.1, 0.15) is 25.0 Å². The van der Waals surface area contributed by atoms with E-state index in [2.05, 4.69) is 13.8 Å². The lowest BCUT2D eigenvalue weighted by molar-refractivity contribution is 0.243. The Morgan fingerprint density at radius 3 is 2.20 bits per heavy atom. The second-order valence-electron chi connectivity index (χ2n) is 5.21. The fourth-order valence-electron chi connectivity index (χ4n) is 1.85. The van der Waals surface area contributed by atoms with Crippen molar-refractivity contribution < 1.29 is 9.47 Å². The van der Waals surface area contributed by atoms with E-state index in [1.54, 1.807) is 6.07 Å². The Labute approximate surface area is 120 Å². The summed E-state index contributed by atoms with van der Waals surface area (Å²) >= 11 is 0. The fourth-order valence-corrected chi connectivity index (χ4v) is 1.85. The van der Waals surface area contributed by atoms with Gasteiger partial charge in [-0.05, 0) is 63.1 Å². The molecule has 3 heteroatoms. The van der Waals surface area contributed by atoms with Gasteiger partial charge in [-0.15, -0.1) is 0 Å². The highest BCUT2D eigenvalue weighted by molar-refractivity contribution is 5.56. The van der Waals surface area contributed by atoms with Crippen molar-refractivity contribution >= 4 is 5.69 Å². The van der Waals surface area contributed by atoms with Crippen molar-refractivity contribution in [3.63, 3.8) is 0 Å². The molecular formula is C17H21NO2. The van der Waals surface area contributed by atoms with E-state index in [-0.39, 0.29) is 6.10 Å². The van der Waals surface area contributed by atoms with Crippen molar-refractivity contribution in [3.8, 4) is 17.2 Å². The van der Waals surface area contributed by atoms with Crippen LogP contribution in [0.2, 0.25) is 0 Å². The summed E-state index contributed by atoms with van der Waals surface area (Å²) in [6.07, 6.45) is 0.0779. The van der Waals surface area contributed by atoms with Crippen molar-refractivity contribution in [2.75, 3.05) is 5.73 Å². The molecule has 2 rings (SSSR count). The SMILES string of the molecule is Cc1ccc(Oc2ccc(N)c(OC(C)C)c2)cc1C. The summed E-state index contributed by atoms with van der Waals surface area (Å²) in [6.45, 7) is 8.09. The van der Waals surface area contributed by atoms with E-state index in [1.165, 1.54) is 11.1 Å². The third-order valence-corrected chi connectivity index (χ3v) is 3.06. The molecule has 2 N–H and O–H groups in total. The molecule has 0 aliphatic carbocycles. The summed E-state index contributed by atoms with van der Waals surface area (Å²) in [7, 11) is 0. The summed E-state index contributed by atoms with van der Waals surface area (Å²) in [5.41, 5.74) is 8.97. The van der Waals surface area contributed by atoms with E-state index < -0.39 is 0 Å². The molecule has 0 aliphatic rings. The highest BCUT2D eigenvalue weighted by Gasteiger charge is 2.06. The summed E-state index contributed by atoms with van der Waals surface area (Å²) in [5.74, 6) is 2.19. The first-order chi connectivity index (χ1) is 9.45. The van der Waals surface area contributed by atoms with E-state index in [0.717, 1.165) is 11.5 Å². The van der Waals surface area contributed by atoms with Crippen molar-refractivity contribution in [1.82, 2.24) is 0 Å². The van der Waals surface area contributed by atoms with Crippen LogP contribution >= 0.6 is 0 Å². The van der Waals surface area contributed by atoms with Gasteiger partial charge >= 0.3 is 0 Å². The highest BCUT2D eigenvalue weighted by Crippen LogP contribution is 2.31. The monoisotopic (exact) mass is 271 g/mol. The molecule has 0 atom stereocenters. The van der Waals surface area contributed by atoms with Gasteiger partial charge in [-0.1, -0.05) is 6.07 Å². The van der Waals surface area contributed by atoms with Crippen LogP contribution in [0.4, 0.5) is 5.69 Å². The molecule has 0 fully saturated rings. The van der Waals surface area contributed by atoms with Gasteiger partial charge in [0.1, 0.15) is 17.2 Å². The molecule has 20 heavy (non-hydrogen) atoms.